The summed E-state index contributed by atoms with van der Waals surface area (Å²) in [6.45, 7) is 0. The Morgan fingerprint density at radius 1 is 1.83 bits per heavy atom. The molecule has 6 heavy (non-hydrogen) atoms. The van der Waals surface area contributed by atoms with Crippen LogP contribution in [0.3, 0.4) is 0 Å². The molecule has 1 aliphatic rings. The summed E-state index contributed by atoms with van der Waals surface area (Å²) >= 11 is 1.25. The Morgan fingerprint density at radius 3 is 2.83 bits per heavy atom. The van der Waals surface area contributed by atoms with Crippen LogP contribution in [0.4, 0.5) is 0 Å². The Kier molecular flexibility index (Phi) is 1.41. The molecule has 1 rings (SSSR count). The van der Waals surface area contributed by atoms with Crippen molar-refractivity contribution in [2.24, 2.45) is 0 Å². The van der Waals surface area contributed by atoms with Gasteiger partial charge in [0.25, 0.3) is 0 Å². The SMILES string of the molecule is [H-].[H-].[Hf+2][C]1=CC=CC1. The Morgan fingerprint density at radius 2 is 2.67 bits per heavy atom. The van der Waals surface area contributed by atoms with Gasteiger partial charge in [0.1, 0.15) is 0 Å². The number of hydrogen-bond donors (Lipinski definition) is 0. The van der Waals surface area contributed by atoms with E-state index in [2.05, 4.69) is 18.2 Å². The molecule has 0 unspecified atom stereocenters. The van der Waals surface area contributed by atoms with E-state index in [0.29, 0.717) is 0 Å². The molecule has 0 atom stereocenters. The Balaban J connectivity index is 0. The van der Waals surface area contributed by atoms with Crippen LogP contribution in [0.1, 0.15) is 9.27 Å². The minimum atomic E-state index is 0. The van der Waals surface area contributed by atoms with Crippen LogP contribution in [-0.2, 0) is 24.4 Å². The molecule has 0 heterocycles. The van der Waals surface area contributed by atoms with Crippen molar-refractivity contribution in [2.45, 2.75) is 6.42 Å². The molecule has 31 valence electrons. The summed E-state index contributed by atoms with van der Waals surface area (Å²) in [5.41, 5.74) is 0. The molecular formula is C5H7Hf. The van der Waals surface area contributed by atoms with Gasteiger partial charge in [0.15, 0.2) is 0 Å². The van der Waals surface area contributed by atoms with Crippen molar-refractivity contribution < 1.29 is 27.2 Å². The van der Waals surface area contributed by atoms with Crippen molar-refractivity contribution in [1.82, 2.24) is 0 Å². The molecular weight excluding hydrogens is 239 g/mol. The van der Waals surface area contributed by atoms with Crippen molar-refractivity contribution in [3.8, 4) is 0 Å². The van der Waals surface area contributed by atoms with Crippen LogP contribution in [0, 0.1) is 0 Å². The van der Waals surface area contributed by atoms with Crippen molar-refractivity contribution in [1.29, 1.82) is 0 Å². The summed E-state index contributed by atoms with van der Waals surface area (Å²) in [4.78, 5) is 0. The van der Waals surface area contributed by atoms with E-state index < -0.39 is 0 Å². The molecule has 0 fully saturated rings. The van der Waals surface area contributed by atoms with Gasteiger partial charge in [-0.3, -0.25) is 0 Å². The first-order valence-corrected chi connectivity index (χ1v) is 3.76. The average molecular weight is 246 g/mol. The Hall–Kier alpha value is 0.350. The Bertz CT molecular complexity index is 107. The summed E-state index contributed by atoms with van der Waals surface area (Å²) in [5, 5.41) is 0. The van der Waals surface area contributed by atoms with Crippen molar-refractivity contribution >= 4 is 0 Å². The van der Waals surface area contributed by atoms with E-state index in [-0.39, 0.29) is 2.85 Å². The van der Waals surface area contributed by atoms with E-state index in [1.165, 1.54) is 30.8 Å². The first-order valence-electron chi connectivity index (χ1n) is 1.97. The fourth-order valence-electron chi connectivity index (χ4n) is 0.447. The van der Waals surface area contributed by atoms with Crippen LogP contribution in [0.2, 0.25) is 0 Å². The van der Waals surface area contributed by atoms with Gasteiger partial charge < -0.3 is 2.85 Å². The molecule has 0 aliphatic heterocycles. The van der Waals surface area contributed by atoms with Crippen molar-refractivity contribution in [2.75, 3.05) is 0 Å². The quantitative estimate of drug-likeness (QED) is 0.569. The fourth-order valence-corrected chi connectivity index (χ4v) is 1.22. The molecule has 0 radical (unpaired) electrons. The second-order valence-electron chi connectivity index (χ2n) is 1.32. The minimum absolute atomic E-state index is 0. The van der Waals surface area contributed by atoms with Gasteiger partial charge in [-0.05, 0) is 0 Å². The molecule has 0 aromatic carbocycles. The van der Waals surface area contributed by atoms with E-state index in [1.807, 2.05) is 0 Å². The van der Waals surface area contributed by atoms with Gasteiger partial charge in [-0.2, -0.15) is 0 Å². The predicted molar refractivity (Wildman–Crippen MR) is 24.1 cm³/mol. The third-order valence-electron chi connectivity index (χ3n) is 0.771. The van der Waals surface area contributed by atoms with Crippen molar-refractivity contribution in [3.05, 3.63) is 21.6 Å². The molecule has 0 saturated heterocycles. The van der Waals surface area contributed by atoms with E-state index in [4.69, 9.17) is 0 Å². The van der Waals surface area contributed by atoms with Gasteiger partial charge in [0.05, 0.1) is 0 Å². The zero-order valence-corrected chi connectivity index (χ0v) is 7.03. The van der Waals surface area contributed by atoms with Crippen molar-refractivity contribution in [3.63, 3.8) is 0 Å². The van der Waals surface area contributed by atoms with Gasteiger partial charge in [0.2, 0.25) is 0 Å². The van der Waals surface area contributed by atoms with E-state index >= 15 is 0 Å². The number of hydrogen-bond acceptors (Lipinski definition) is 0. The van der Waals surface area contributed by atoms with E-state index in [0.717, 1.165) is 0 Å². The monoisotopic (exact) mass is 247 g/mol. The summed E-state index contributed by atoms with van der Waals surface area (Å²) < 4.78 is 1.61. The second-order valence-corrected chi connectivity index (χ2v) is 3.63. The third kappa shape index (κ3) is 0.904. The van der Waals surface area contributed by atoms with Gasteiger partial charge in [-0.25, -0.2) is 0 Å². The fraction of sp³-hybridized carbons (Fsp3) is 0.200. The first-order chi connectivity index (χ1) is 2.89. The predicted octanol–water partition coefficient (Wildman–Crippen LogP) is 1.60. The van der Waals surface area contributed by atoms with Crippen LogP contribution in [-0.4, -0.2) is 0 Å². The summed E-state index contributed by atoms with van der Waals surface area (Å²) in [5.74, 6) is 0. The maximum atomic E-state index is 2.20. The summed E-state index contributed by atoms with van der Waals surface area (Å²) in [6, 6.07) is 0. The third-order valence-corrected chi connectivity index (χ3v) is 2.10. The average Bonchev–Trinajstić information content (AvgIpc) is 1.86. The normalized spacial score (nSPS) is 18.7. The molecule has 0 aromatic rings. The van der Waals surface area contributed by atoms with Crippen LogP contribution >= 0.6 is 0 Å². The molecule has 0 bridgehead atoms. The molecule has 0 aromatic heterocycles. The Labute approximate surface area is 55.5 Å². The molecule has 1 heteroatoms. The zero-order valence-electron chi connectivity index (χ0n) is 5.44. The van der Waals surface area contributed by atoms with E-state index in [1.54, 1.807) is 3.33 Å². The molecule has 0 saturated carbocycles. The zero-order chi connectivity index (χ0) is 4.41. The molecule has 0 amide bonds. The van der Waals surface area contributed by atoms with Crippen LogP contribution < -0.4 is 0 Å². The van der Waals surface area contributed by atoms with Gasteiger partial charge >= 0.3 is 52.4 Å². The summed E-state index contributed by atoms with van der Waals surface area (Å²) in [6.07, 6.45) is 7.75. The maximum absolute atomic E-state index is 2.20. The number of allylic oxidation sites excluding steroid dienone is 4. The van der Waals surface area contributed by atoms with Gasteiger partial charge in [-0.15, -0.1) is 0 Å². The van der Waals surface area contributed by atoms with E-state index in [9.17, 15) is 0 Å². The topological polar surface area (TPSA) is 0 Å². The number of rotatable bonds is 0. The van der Waals surface area contributed by atoms with Crippen LogP contribution in [0.25, 0.3) is 0 Å². The molecule has 0 spiro atoms. The van der Waals surface area contributed by atoms with Crippen LogP contribution in [0.15, 0.2) is 21.6 Å². The van der Waals surface area contributed by atoms with Gasteiger partial charge in [-0.1, -0.05) is 0 Å². The first kappa shape index (κ1) is 4.51. The molecule has 0 nitrogen and oxygen atoms in total. The summed E-state index contributed by atoms with van der Waals surface area (Å²) in [7, 11) is 0. The second kappa shape index (κ2) is 1.87. The standard InChI is InChI=1S/C5H5.Hf.2H/c1-2-4-5-3-1;;;/h1-3H,4H2;;;/q;+2;2*-1. The molecule has 0 N–H and O–H groups in total. The van der Waals surface area contributed by atoms with Gasteiger partial charge in [0, 0.05) is 0 Å². The van der Waals surface area contributed by atoms with Crippen LogP contribution in [0.5, 0.6) is 0 Å². The molecule has 1 aliphatic carbocycles.